The van der Waals surface area contributed by atoms with Crippen molar-refractivity contribution in [2.75, 3.05) is 6.54 Å². The van der Waals surface area contributed by atoms with Gasteiger partial charge in [0, 0.05) is 6.54 Å². The van der Waals surface area contributed by atoms with E-state index in [0.29, 0.717) is 0 Å². The Balaban J connectivity index is 2.17. The molecule has 0 saturated heterocycles. The van der Waals surface area contributed by atoms with Crippen molar-refractivity contribution in [3.63, 3.8) is 0 Å². The Hall–Kier alpha value is -1.40. The third-order valence-corrected chi connectivity index (χ3v) is 4.00. The fraction of sp³-hybridized carbons (Fsp3) is 0.650. The van der Waals surface area contributed by atoms with Crippen LogP contribution in [0.15, 0.2) is 40.3 Å². The second-order valence-corrected chi connectivity index (χ2v) is 6.49. The van der Waals surface area contributed by atoms with Crippen LogP contribution in [0.5, 0.6) is 0 Å². The van der Waals surface area contributed by atoms with Gasteiger partial charge in [0.25, 0.3) is 0 Å². The van der Waals surface area contributed by atoms with Crippen molar-refractivity contribution in [3.05, 3.63) is 35.9 Å². The summed E-state index contributed by atoms with van der Waals surface area (Å²) in [6, 6.07) is 13.2. The van der Waals surface area contributed by atoms with E-state index in [1.165, 1.54) is 50.5 Å². The predicted octanol–water partition coefficient (Wildman–Crippen LogP) is 6.24. The van der Waals surface area contributed by atoms with Gasteiger partial charge in [-0.05, 0) is 25.8 Å². The maximum Gasteiger partial charge on any atom is 0.0910 e. The lowest BCUT2D eigenvalue weighted by molar-refractivity contribution is 0.560. The molecule has 0 aliphatic heterocycles. The van der Waals surface area contributed by atoms with E-state index >= 15 is 0 Å². The van der Waals surface area contributed by atoms with Gasteiger partial charge in [0.1, 0.15) is 0 Å². The highest BCUT2D eigenvalue weighted by Gasteiger charge is 2.17. The first-order chi connectivity index (χ1) is 10.7. The van der Waals surface area contributed by atoms with Crippen LogP contribution in [-0.2, 0) is 5.54 Å². The van der Waals surface area contributed by atoms with E-state index in [9.17, 15) is 0 Å². The van der Waals surface area contributed by atoms with Gasteiger partial charge in [-0.15, -0.1) is 0 Å². The van der Waals surface area contributed by atoms with Gasteiger partial charge >= 0.3 is 0 Å². The molecule has 1 aromatic rings. The summed E-state index contributed by atoms with van der Waals surface area (Å²) in [5, 5.41) is 0. The fourth-order valence-corrected chi connectivity index (χ4v) is 2.45. The van der Waals surface area contributed by atoms with Gasteiger partial charge in [0.15, 0.2) is 0 Å². The second kappa shape index (κ2) is 11.2. The molecule has 0 heterocycles. The maximum absolute atomic E-state index is 4.48. The number of hydrogen-bond donors (Lipinski definition) is 0. The first-order valence-corrected chi connectivity index (χ1v) is 8.85. The van der Waals surface area contributed by atoms with Gasteiger partial charge in [-0.3, -0.25) is 0 Å². The average molecular weight is 300 g/mol. The Kier molecular flexibility index (Phi) is 9.50. The van der Waals surface area contributed by atoms with Gasteiger partial charge in [-0.25, -0.2) is 9.98 Å². The zero-order chi connectivity index (χ0) is 16.1. The molecule has 2 heteroatoms. The van der Waals surface area contributed by atoms with E-state index in [4.69, 9.17) is 0 Å². The summed E-state index contributed by atoms with van der Waals surface area (Å²) in [5.74, 6) is 0. The molecule has 0 radical (unpaired) electrons. The molecule has 22 heavy (non-hydrogen) atoms. The molecule has 0 aliphatic rings. The molecule has 122 valence electrons. The third kappa shape index (κ3) is 8.14. The normalized spacial score (nSPS) is 11.0. The summed E-state index contributed by atoms with van der Waals surface area (Å²) >= 11 is 0. The third-order valence-electron chi connectivity index (χ3n) is 4.00. The first-order valence-electron chi connectivity index (χ1n) is 8.85. The molecule has 2 nitrogen and oxygen atoms in total. The predicted molar refractivity (Wildman–Crippen MR) is 96.8 cm³/mol. The van der Waals surface area contributed by atoms with Gasteiger partial charge < -0.3 is 0 Å². The molecular weight excluding hydrogens is 268 g/mol. The lowest BCUT2D eigenvalue weighted by Crippen LogP contribution is -2.12. The van der Waals surface area contributed by atoms with Crippen molar-refractivity contribution < 1.29 is 0 Å². The first kappa shape index (κ1) is 18.6. The van der Waals surface area contributed by atoms with Crippen LogP contribution < -0.4 is 0 Å². The molecule has 0 N–H and O–H groups in total. The van der Waals surface area contributed by atoms with Crippen LogP contribution in [0.1, 0.15) is 77.7 Å². The zero-order valence-corrected chi connectivity index (χ0v) is 14.6. The van der Waals surface area contributed by atoms with Crippen molar-refractivity contribution in [1.29, 1.82) is 0 Å². The monoisotopic (exact) mass is 300 g/mol. The minimum Gasteiger partial charge on any atom is -0.226 e. The largest absolute Gasteiger partial charge is 0.226 e. The van der Waals surface area contributed by atoms with Crippen molar-refractivity contribution >= 4 is 6.01 Å². The van der Waals surface area contributed by atoms with Crippen molar-refractivity contribution in [2.45, 2.75) is 77.7 Å². The highest BCUT2D eigenvalue weighted by molar-refractivity contribution is 5.43. The average Bonchev–Trinajstić information content (AvgIpc) is 2.53. The van der Waals surface area contributed by atoms with Crippen LogP contribution in [0.25, 0.3) is 0 Å². The van der Waals surface area contributed by atoms with Gasteiger partial charge in [-0.2, -0.15) is 0 Å². The van der Waals surface area contributed by atoms with Crippen LogP contribution in [0.4, 0.5) is 0 Å². The molecule has 0 spiro atoms. The van der Waals surface area contributed by atoms with E-state index < -0.39 is 0 Å². The highest BCUT2D eigenvalue weighted by atomic mass is 14.9. The van der Waals surface area contributed by atoms with Gasteiger partial charge in [-0.1, -0.05) is 82.2 Å². The van der Waals surface area contributed by atoms with Crippen LogP contribution in [0.3, 0.4) is 0 Å². The molecule has 0 aromatic heterocycles. The zero-order valence-electron chi connectivity index (χ0n) is 14.6. The molecule has 1 aromatic carbocycles. The minimum atomic E-state index is -0.246. The van der Waals surface area contributed by atoms with Gasteiger partial charge in [0.05, 0.1) is 11.5 Å². The standard InChI is InChI=1S/C20H32N2/c1-4-5-6-7-8-9-10-14-17-21-18-22-20(2,3)19-15-12-11-13-16-19/h11-13,15-16H,4-10,14,17H2,1-3H3. The molecule has 0 saturated carbocycles. The van der Waals surface area contributed by atoms with Crippen molar-refractivity contribution in [1.82, 2.24) is 0 Å². The number of hydrogen-bond acceptors (Lipinski definition) is 2. The number of nitrogens with zero attached hydrogens (tertiary/aromatic N) is 2. The van der Waals surface area contributed by atoms with Crippen molar-refractivity contribution in [2.24, 2.45) is 9.98 Å². The lowest BCUT2D eigenvalue weighted by Gasteiger charge is -2.17. The number of rotatable bonds is 11. The Labute approximate surface area is 136 Å². The fourth-order valence-electron chi connectivity index (χ4n) is 2.45. The number of benzene rings is 1. The Morgan fingerprint density at radius 3 is 2.09 bits per heavy atom. The molecule has 1 rings (SSSR count). The molecule has 0 aliphatic carbocycles. The van der Waals surface area contributed by atoms with E-state index in [1.54, 1.807) is 0 Å². The number of aliphatic imine (C=N–C) groups is 2. The topological polar surface area (TPSA) is 24.7 Å². The summed E-state index contributed by atoms with van der Waals surface area (Å²) in [4.78, 5) is 8.79. The SMILES string of the molecule is CCCCCCCCCCN=C=NC(C)(C)c1ccccc1. The second-order valence-electron chi connectivity index (χ2n) is 6.49. The summed E-state index contributed by atoms with van der Waals surface area (Å²) in [6.07, 6.45) is 10.7. The van der Waals surface area contributed by atoms with Crippen LogP contribution >= 0.6 is 0 Å². The van der Waals surface area contributed by atoms with Crippen LogP contribution in [0.2, 0.25) is 0 Å². The lowest BCUT2D eigenvalue weighted by atomic mass is 9.95. The summed E-state index contributed by atoms with van der Waals surface area (Å²) in [5.41, 5.74) is 0.953. The van der Waals surface area contributed by atoms with Crippen molar-refractivity contribution in [3.8, 4) is 0 Å². The summed E-state index contributed by atoms with van der Waals surface area (Å²) < 4.78 is 0. The number of unbranched alkanes of at least 4 members (excludes halogenated alkanes) is 7. The summed E-state index contributed by atoms with van der Waals surface area (Å²) in [6.45, 7) is 7.31. The van der Waals surface area contributed by atoms with Gasteiger partial charge in [0.2, 0.25) is 0 Å². The van der Waals surface area contributed by atoms with E-state index in [1.807, 2.05) is 18.2 Å². The van der Waals surface area contributed by atoms with E-state index in [2.05, 4.69) is 48.9 Å². The molecule has 0 fully saturated rings. The summed E-state index contributed by atoms with van der Waals surface area (Å²) in [7, 11) is 0. The Bertz CT molecular complexity index is 442. The van der Waals surface area contributed by atoms with E-state index in [-0.39, 0.29) is 5.54 Å². The molecule has 0 unspecified atom stereocenters. The van der Waals surface area contributed by atoms with Crippen LogP contribution in [-0.4, -0.2) is 12.6 Å². The smallest absolute Gasteiger partial charge is 0.0910 e. The quantitative estimate of drug-likeness (QED) is 0.341. The highest BCUT2D eigenvalue weighted by Crippen LogP contribution is 2.23. The minimum absolute atomic E-state index is 0.246. The Morgan fingerprint density at radius 2 is 1.45 bits per heavy atom. The maximum atomic E-state index is 4.48. The molecular formula is C20H32N2. The Morgan fingerprint density at radius 1 is 0.864 bits per heavy atom. The molecule has 0 atom stereocenters. The van der Waals surface area contributed by atoms with Crippen LogP contribution in [0, 0.1) is 0 Å². The molecule has 0 amide bonds. The van der Waals surface area contributed by atoms with E-state index in [0.717, 1.165) is 13.0 Å². The molecule has 0 bridgehead atoms.